The van der Waals surface area contributed by atoms with E-state index in [-0.39, 0.29) is 17.5 Å². The lowest BCUT2D eigenvalue weighted by Crippen LogP contribution is -2.29. The Labute approximate surface area is 150 Å². The van der Waals surface area contributed by atoms with Gasteiger partial charge in [-0.3, -0.25) is 9.48 Å². The van der Waals surface area contributed by atoms with Crippen LogP contribution < -0.4 is 11.1 Å². The number of aliphatic hydroxyl groups excluding tert-OH is 1. The van der Waals surface area contributed by atoms with E-state index >= 15 is 0 Å². The van der Waals surface area contributed by atoms with Crippen LogP contribution in [0, 0.1) is 28.6 Å². The topological polar surface area (TPSA) is 141 Å². The number of aliphatic hydroxyl groups is 1. The summed E-state index contributed by atoms with van der Waals surface area (Å²) in [6.45, 7) is 0. The monoisotopic (exact) mass is 350 g/mol. The summed E-state index contributed by atoms with van der Waals surface area (Å²) in [7, 11) is 0. The summed E-state index contributed by atoms with van der Waals surface area (Å²) in [5, 5.41) is 35.5. The van der Waals surface area contributed by atoms with Crippen LogP contribution in [0.25, 0.3) is 0 Å². The Bertz CT molecular complexity index is 890. The van der Waals surface area contributed by atoms with Crippen LogP contribution in [0.2, 0.25) is 0 Å². The molecule has 0 saturated heterocycles. The fourth-order valence-corrected chi connectivity index (χ4v) is 3.19. The fraction of sp³-hybridized carbons (Fsp3) is 0.333. The van der Waals surface area contributed by atoms with Gasteiger partial charge in [-0.2, -0.15) is 15.6 Å². The Kier molecular flexibility index (Phi) is 4.87. The quantitative estimate of drug-likeness (QED) is 0.768. The Morgan fingerprint density at radius 3 is 2.65 bits per heavy atom. The number of aromatic nitrogens is 2. The number of carbonyl (C=O) groups is 1. The molecule has 0 bridgehead atoms. The third-order valence-electron chi connectivity index (χ3n) is 4.57. The molecule has 0 unspecified atom stereocenters. The minimum Gasteiger partial charge on any atom is -0.393 e. The zero-order chi connectivity index (χ0) is 18.7. The van der Waals surface area contributed by atoms with E-state index in [1.54, 1.807) is 35.1 Å². The van der Waals surface area contributed by atoms with E-state index < -0.39 is 12.0 Å². The molecule has 26 heavy (non-hydrogen) atoms. The Morgan fingerprint density at radius 1 is 1.31 bits per heavy atom. The van der Waals surface area contributed by atoms with Crippen molar-refractivity contribution in [1.82, 2.24) is 9.78 Å². The molecule has 1 aliphatic carbocycles. The maximum Gasteiger partial charge on any atom is 0.254 e. The number of nitrogens with one attached hydrogen (secondary N) is 1. The number of anilines is 2. The van der Waals surface area contributed by atoms with Crippen molar-refractivity contribution in [2.24, 2.45) is 11.7 Å². The van der Waals surface area contributed by atoms with Gasteiger partial charge in [0.1, 0.15) is 5.56 Å². The molecule has 8 heteroatoms. The van der Waals surface area contributed by atoms with E-state index in [4.69, 9.17) is 11.0 Å². The molecule has 1 aromatic heterocycles. The maximum absolute atomic E-state index is 11.8. The molecule has 3 atom stereocenters. The molecule has 1 heterocycles. The lowest BCUT2D eigenvalue weighted by Gasteiger charge is -2.30. The standard InChI is InChI=1S/C18H18N6O2/c19-8-11-1-3-13(4-2-11)22-18-15(17(21)26)10-24(23-18)16-6-5-14(25)7-12(16)9-20/h1-4,10,12,14,16,25H,5-7H2,(H2,21,26)(H,22,23)/t12-,14+,16+/m1/s1. The smallest absolute Gasteiger partial charge is 0.254 e. The van der Waals surface area contributed by atoms with Crippen molar-refractivity contribution >= 4 is 17.4 Å². The highest BCUT2D eigenvalue weighted by Crippen LogP contribution is 2.34. The molecule has 1 aromatic carbocycles. The van der Waals surface area contributed by atoms with Crippen molar-refractivity contribution in [2.45, 2.75) is 31.4 Å². The van der Waals surface area contributed by atoms with Gasteiger partial charge in [0.2, 0.25) is 0 Å². The minimum absolute atomic E-state index is 0.220. The van der Waals surface area contributed by atoms with Crippen LogP contribution in [-0.2, 0) is 0 Å². The SMILES string of the molecule is N#Cc1ccc(Nc2nn([C@H]3CC[C@H](O)C[C@@H]3C#N)cc2C(N)=O)cc1. The first-order chi connectivity index (χ1) is 12.5. The molecule has 2 aromatic rings. The highest BCUT2D eigenvalue weighted by atomic mass is 16.3. The van der Waals surface area contributed by atoms with Crippen molar-refractivity contribution in [3.8, 4) is 12.1 Å². The summed E-state index contributed by atoms with van der Waals surface area (Å²) in [6.07, 6.45) is 2.60. The van der Waals surface area contributed by atoms with Crippen molar-refractivity contribution in [3.63, 3.8) is 0 Å². The first-order valence-corrected chi connectivity index (χ1v) is 8.25. The molecule has 1 saturated carbocycles. The highest BCUT2D eigenvalue weighted by Gasteiger charge is 2.32. The molecule has 8 nitrogen and oxygen atoms in total. The molecule has 3 rings (SSSR count). The van der Waals surface area contributed by atoms with E-state index in [1.807, 2.05) is 6.07 Å². The van der Waals surface area contributed by atoms with Gasteiger partial charge in [-0.05, 0) is 43.5 Å². The van der Waals surface area contributed by atoms with Crippen LogP contribution in [0.3, 0.4) is 0 Å². The van der Waals surface area contributed by atoms with E-state index in [0.29, 0.717) is 36.3 Å². The third kappa shape index (κ3) is 3.51. The van der Waals surface area contributed by atoms with Crippen molar-refractivity contribution in [2.75, 3.05) is 5.32 Å². The minimum atomic E-state index is -0.628. The molecule has 1 fully saturated rings. The largest absolute Gasteiger partial charge is 0.393 e. The fourth-order valence-electron chi connectivity index (χ4n) is 3.19. The highest BCUT2D eigenvalue weighted by molar-refractivity contribution is 5.98. The van der Waals surface area contributed by atoms with Gasteiger partial charge in [-0.25, -0.2) is 0 Å². The predicted octanol–water partition coefficient (Wildman–Crippen LogP) is 1.82. The second-order valence-electron chi connectivity index (χ2n) is 6.32. The van der Waals surface area contributed by atoms with Gasteiger partial charge >= 0.3 is 0 Å². The average Bonchev–Trinajstić information content (AvgIpc) is 3.06. The molecular formula is C18H18N6O2. The summed E-state index contributed by atoms with van der Waals surface area (Å²) in [5.41, 5.74) is 6.87. The molecule has 132 valence electrons. The van der Waals surface area contributed by atoms with Gasteiger partial charge in [-0.15, -0.1) is 0 Å². The summed E-state index contributed by atoms with van der Waals surface area (Å²) in [6, 6.07) is 10.7. The molecule has 4 N–H and O–H groups in total. The maximum atomic E-state index is 11.8. The van der Waals surface area contributed by atoms with Gasteiger partial charge in [0.15, 0.2) is 5.82 Å². The number of rotatable bonds is 4. The van der Waals surface area contributed by atoms with Gasteiger partial charge in [0, 0.05) is 11.9 Å². The predicted molar refractivity (Wildman–Crippen MR) is 93.2 cm³/mol. The van der Waals surface area contributed by atoms with E-state index in [0.717, 1.165) is 0 Å². The number of carbonyl (C=O) groups excluding carboxylic acids is 1. The van der Waals surface area contributed by atoms with Crippen LogP contribution in [-0.4, -0.2) is 26.9 Å². The van der Waals surface area contributed by atoms with Gasteiger partial charge in [-0.1, -0.05) is 0 Å². The van der Waals surface area contributed by atoms with Gasteiger partial charge < -0.3 is 16.2 Å². The number of primary amides is 1. The molecule has 0 spiro atoms. The van der Waals surface area contributed by atoms with Crippen LogP contribution in [0.1, 0.15) is 41.2 Å². The van der Waals surface area contributed by atoms with Crippen molar-refractivity contribution < 1.29 is 9.90 Å². The van der Waals surface area contributed by atoms with Gasteiger partial charge in [0.25, 0.3) is 5.91 Å². The third-order valence-corrected chi connectivity index (χ3v) is 4.57. The van der Waals surface area contributed by atoms with Crippen molar-refractivity contribution in [1.29, 1.82) is 10.5 Å². The lowest BCUT2D eigenvalue weighted by molar-refractivity contribution is 0.0861. The van der Waals surface area contributed by atoms with Crippen molar-refractivity contribution in [3.05, 3.63) is 41.6 Å². The second kappa shape index (κ2) is 7.26. The van der Waals surface area contributed by atoms with E-state index in [2.05, 4.69) is 16.5 Å². The number of nitrogens with zero attached hydrogens (tertiary/aromatic N) is 4. The number of hydrogen-bond acceptors (Lipinski definition) is 6. The summed E-state index contributed by atoms with van der Waals surface area (Å²) in [5.74, 6) is -0.719. The number of benzene rings is 1. The number of hydrogen-bond donors (Lipinski definition) is 3. The Hall–Kier alpha value is -3.36. The summed E-state index contributed by atoms with van der Waals surface area (Å²) < 4.78 is 1.59. The number of amides is 1. The van der Waals surface area contributed by atoms with Crippen LogP contribution in [0.5, 0.6) is 0 Å². The summed E-state index contributed by atoms with van der Waals surface area (Å²) in [4.78, 5) is 11.8. The number of nitrogens with two attached hydrogens (primary N) is 1. The van der Waals surface area contributed by atoms with Crippen LogP contribution in [0.15, 0.2) is 30.5 Å². The average molecular weight is 350 g/mol. The van der Waals surface area contributed by atoms with Crippen LogP contribution in [0.4, 0.5) is 11.5 Å². The Balaban J connectivity index is 1.90. The second-order valence-corrected chi connectivity index (χ2v) is 6.32. The van der Waals surface area contributed by atoms with E-state index in [9.17, 15) is 15.2 Å². The zero-order valence-corrected chi connectivity index (χ0v) is 14.0. The zero-order valence-electron chi connectivity index (χ0n) is 14.0. The van der Waals surface area contributed by atoms with Crippen LogP contribution >= 0.6 is 0 Å². The Morgan fingerprint density at radius 2 is 2.04 bits per heavy atom. The number of nitriles is 2. The summed E-state index contributed by atoms with van der Waals surface area (Å²) >= 11 is 0. The first-order valence-electron chi connectivity index (χ1n) is 8.25. The van der Waals surface area contributed by atoms with E-state index in [1.165, 1.54) is 0 Å². The molecule has 0 radical (unpaired) electrons. The van der Waals surface area contributed by atoms with Gasteiger partial charge in [0.05, 0.1) is 35.8 Å². The molecular weight excluding hydrogens is 332 g/mol. The molecule has 1 aliphatic rings. The molecule has 0 aliphatic heterocycles. The lowest BCUT2D eigenvalue weighted by atomic mass is 9.84. The normalized spacial score (nSPS) is 22.2. The first kappa shape index (κ1) is 17.5. The molecule has 1 amide bonds.